The molecule has 4 rings (SSSR count). The third-order valence-corrected chi connectivity index (χ3v) is 5.47. The minimum atomic E-state index is 0.352. The van der Waals surface area contributed by atoms with Gasteiger partial charge in [0.05, 0.1) is 0 Å². The molecule has 2 aliphatic rings. The van der Waals surface area contributed by atoms with Gasteiger partial charge in [0, 0.05) is 22.0 Å². The molecule has 2 aromatic carbocycles. The molecule has 21 heavy (non-hydrogen) atoms. The van der Waals surface area contributed by atoms with Gasteiger partial charge in [-0.05, 0) is 60.2 Å². The zero-order chi connectivity index (χ0) is 14.4. The smallest absolute Gasteiger partial charge is 0.0444 e. The van der Waals surface area contributed by atoms with Gasteiger partial charge in [0.15, 0.2) is 0 Å². The number of hydrogen-bond acceptors (Lipinski definition) is 1. The number of benzene rings is 2. The van der Waals surface area contributed by atoms with Crippen molar-refractivity contribution in [2.45, 2.75) is 24.8 Å². The first-order valence-electron chi connectivity index (χ1n) is 7.53. The summed E-state index contributed by atoms with van der Waals surface area (Å²) in [6.45, 7) is 1.10. The zero-order valence-electron chi connectivity index (χ0n) is 11.7. The van der Waals surface area contributed by atoms with E-state index in [2.05, 4.69) is 29.6 Å². The highest BCUT2D eigenvalue weighted by atomic mass is 35.5. The van der Waals surface area contributed by atoms with Gasteiger partial charge in [0.25, 0.3) is 0 Å². The topological polar surface area (TPSA) is 12.0 Å². The molecule has 0 aromatic heterocycles. The van der Waals surface area contributed by atoms with Crippen molar-refractivity contribution in [3.05, 3.63) is 69.2 Å². The molecular formula is C18H17Cl2N. The van der Waals surface area contributed by atoms with Crippen LogP contribution in [0.25, 0.3) is 0 Å². The van der Waals surface area contributed by atoms with E-state index in [1.54, 1.807) is 0 Å². The molecule has 1 nitrogen and oxygen atoms in total. The van der Waals surface area contributed by atoms with Crippen LogP contribution < -0.4 is 5.32 Å². The molecule has 0 radical (unpaired) electrons. The van der Waals surface area contributed by atoms with Crippen molar-refractivity contribution < 1.29 is 0 Å². The van der Waals surface area contributed by atoms with Gasteiger partial charge in [0.1, 0.15) is 0 Å². The maximum Gasteiger partial charge on any atom is 0.0444 e. The van der Waals surface area contributed by atoms with E-state index in [1.165, 1.54) is 29.5 Å². The van der Waals surface area contributed by atoms with Crippen LogP contribution in [0.5, 0.6) is 0 Å². The quantitative estimate of drug-likeness (QED) is 0.764. The summed E-state index contributed by atoms with van der Waals surface area (Å²) in [5.74, 6) is 0.928. The Kier molecular flexibility index (Phi) is 3.45. The van der Waals surface area contributed by atoms with Gasteiger partial charge < -0.3 is 5.32 Å². The first-order valence-corrected chi connectivity index (χ1v) is 8.28. The lowest BCUT2D eigenvalue weighted by Gasteiger charge is -2.31. The Bertz CT molecular complexity index is 683. The molecule has 1 heterocycles. The predicted molar refractivity (Wildman–Crippen MR) is 88.2 cm³/mol. The van der Waals surface area contributed by atoms with Gasteiger partial charge in [-0.25, -0.2) is 0 Å². The third kappa shape index (κ3) is 2.19. The molecule has 3 unspecified atom stereocenters. The molecule has 1 N–H and O–H groups in total. The second-order valence-electron chi connectivity index (χ2n) is 6.01. The van der Waals surface area contributed by atoms with Crippen LogP contribution in [0, 0.1) is 5.92 Å². The zero-order valence-corrected chi connectivity index (χ0v) is 13.2. The SMILES string of the molecule is Clc1ccc2c(c1)C(c1ccccc1Cl)C1CCCNC21. The Labute approximate surface area is 135 Å². The fraction of sp³-hybridized carbons (Fsp3) is 0.333. The monoisotopic (exact) mass is 317 g/mol. The second-order valence-corrected chi connectivity index (χ2v) is 6.85. The minimum Gasteiger partial charge on any atom is -0.310 e. The molecule has 0 saturated carbocycles. The van der Waals surface area contributed by atoms with E-state index in [0.717, 1.165) is 16.6 Å². The standard InChI is InChI=1S/C18H17Cl2N/c19-11-7-8-12-15(10-11)17(13-4-1-2-6-16(13)20)14-5-3-9-21-18(12)14/h1-2,4,6-8,10,14,17-18,21H,3,5,9H2. The summed E-state index contributed by atoms with van der Waals surface area (Å²) in [6.07, 6.45) is 2.46. The molecule has 1 saturated heterocycles. The molecule has 0 bridgehead atoms. The lowest BCUT2D eigenvalue weighted by atomic mass is 9.80. The minimum absolute atomic E-state index is 0.352. The van der Waals surface area contributed by atoms with Crippen molar-refractivity contribution in [2.75, 3.05) is 6.54 Å². The molecule has 3 atom stereocenters. The van der Waals surface area contributed by atoms with Gasteiger partial charge >= 0.3 is 0 Å². The number of rotatable bonds is 1. The number of fused-ring (bicyclic) bond motifs is 3. The summed E-state index contributed by atoms with van der Waals surface area (Å²) in [7, 11) is 0. The number of piperidine rings is 1. The molecule has 2 aromatic rings. The van der Waals surface area contributed by atoms with Gasteiger partial charge in [-0.3, -0.25) is 0 Å². The highest BCUT2D eigenvalue weighted by molar-refractivity contribution is 6.31. The maximum absolute atomic E-state index is 6.49. The van der Waals surface area contributed by atoms with Gasteiger partial charge in [-0.2, -0.15) is 0 Å². The van der Waals surface area contributed by atoms with Gasteiger partial charge in [0.2, 0.25) is 0 Å². The van der Waals surface area contributed by atoms with Crippen LogP contribution in [0.3, 0.4) is 0 Å². The largest absolute Gasteiger partial charge is 0.310 e. The van der Waals surface area contributed by atoms with E-state index in [-0.39, 0.29) is 0 Å². The molecule has 1 aliphatic heterocycles. The number of halogens is 2. The van der Waals surface area contributed by atoms with Crippen molar-refractivity contribution >= 4 is 23.2 Å². The molecular weight excluding hydrogens is 301 g/mol. The van der Waals surface area contributed by atoms with Crippen LogP contribution in [0.2, 0.25) is 10.0 Å². The fourth-order valence-corrected chi connectivity index (χ4v) is 4.50. The summed E-state index contributed by atoms with van der Waals surface area (Å²) in [6, 6.07) is 15.0. The second kappa shape index (κ2) is 5.31. The summed E-state index contributed by atoms with van der Waals surface area (Å²) in [4.78, 5) is 0. The molecule has 1 aliphatic carbocycles. The Morgan fingerprint density at radius 2 is 1.81 bits per heavy atom. The number of nitrogens with one attached hydrogen (secondary N) is 1. The Hall–Kier alpha value is -1.02. The maximum atomic E-state index is 6.49. The van der Waals surface area contributed by atoms with Gasteiger partial charge in [-0.1, -0.05) is 47.5 Å². The molecule has 108 valence electrons. The van der Waals surface area contributed by atoms with Crippen molar-refractivity contribution in [3.63, 3.8) is 0 Å². The molecule has 0 spiro atoms. The highest BCUT2D eigenvalue weighted by Gasteiger charge is 2.42. The third-order valence-electron chi connectivity index (χ3n) is 4.89. The Balaban J connectivity index is 1.89. The van der Waals surface area contributed by atoms with E-state index >= 15 is 0 Å². The summed E-state index contributed by atoms with van der Waals surface area (Å²) in [5, 5.41) is 5.36. The van der Waals surface area contributed by atoms with E-state index in [0.29, 0.717) is 17.9 Å². The van der Waals surface area contributed by atoms with Gasteiger partial charge in [-0.15, -0.1) is 0 Å². The van der Waals surface area contributed by atoms with Crippen LogP contribution in [0.15, 0.2) is 42.5 Å². The number of hydrogen-bond donors (Lipinski definition) is 1. The average molecular weight is 318 g/mol. The van der Waals surface area contributed by atoms with E-state index < -0.39 is 0 Å². The lowest BCUT2D eigenvalue weighted by molar-refractivity contribution is 0.287. The fourth-order valence-electron chi connectivity index (χ4n) is 4.07. The molecule has 1 fully saturated rings. The average Bonchev–Trinajstić information content (AvgIpc) is 2.81. The summed E-state index contributed by atoms with van der Waals surface area (Å²) >= 11 is 12.7. The van der Waals surface area contributed by atoms with E-state index in [1.807, 2.05) is 18.2 Å². The Morgan fingerprint density at radius 1 is 0.952 bits per heavy atom. The van der Waals surface area contributed by atoms with E-state index in [4.69, 9.17) is 23.2 Å². The summed E-state index contributed by atoms with van der Waals surface area (Å²) in [5.41, 5.74) is 3.98. The van der Waals surface area contributed by atoms with Crippen molar-refractivity contribution in [3.8, 4) is 0 Å². The first-order chi connectivity index (χ1) is 10.3. The normalized spacial score (nSPS) is 27.2. The van der Waals surface area contributed by atoms with E-state index in [9.17, 15) is 0 Å². The van der Waals surface area contributed by atoms with Crippen LogP contribution in [0.4, 0.5) is 0 Å². The van der Waals surface area contributed by atoms with Crippen molar-refractivity contribution in [2.24, 2.45) is 5.92 Å². The van der Waals surface area contributed by atoms with Crippen LogP contribution in [-0.2, 0) is 0 Å². The predicted octanol–water partition coefficient (Wildman–Crippen LogP) is 5.18. The molecule has 3 heteroatoms. The van der Waals surface area contributed by atoms with Crippen LogP contribution >= 0.6 is 23.2 Å². The molecule has 0 amide bonds. The summed E-state index contributed by atoms with van der Waals surface area (Å²) < 4.78 is 0. The van der Waals surface area contributed by atoms with Crippen molar-refractivity contribution in [1.82, 2.24) is 5.32 Å². The lowest BCUT2D eigenvalue weighted by Crippen LogP contribution is -2.32. The van der Waals surface area contributed by atoms with Crippen molar-refractivity contribution in [1.29, 1.82) is 0 Å². The highest BCUT2D eigenvalue weighted by Crippen LogP contribution is 2.53. The Morgan fingerprint density at radius 3 is 2.67 bits per heavy atom. The first kappa shape index (κ1) is 13.6. The van der Waals surface area contributed by atoms with Crippen LogP contribution in [-0.4, -0.2) is 6.54 Å². The van der Waals surface area contributed by atoms with Crippen LogP contribution in [0.1, 0.15) is 41.5 Å².